The highest BCUT2D eigenvalue weighted by Crippen LogP contribution is 2.44. The molecule has 4 aromatic rings. The largest absolute Gasteiger partial charge is 0.288 e. The average molecular weight is 374 g/mol. The zero-order valence-electron chi connectivity index (χ0n) is 13.6. The van der Waals surface area contributed by atoms with E-state index >= 15 is 0 Å². The lowest BCUT2D eigenvalue weighted by molar-refractivity contribution is 0.104. The summed E-state index contributed by atoms with van der Waals surface area (Å²) in [7, 11) is 0. The van der Waals surface area contributed by atoms with Crippen LogP contribution >= 0.6 is 22.9 Å². The van der Waals surface area contributed by atoms with Gasteiger partial charge in [-0.3, -0.25) is 4.79 Å². The molecule has 2 heterocycles. The summed E-state index contributed by atoms with van der Waals surface area (Å²) < 4.78 is 0. The highest BCUT2D eigenvalue weighted by Gasteiger charge is 2.32. The molecular weight excluding hydrogens is 362 g/mol. The fourth-order valence-corrected chi connectivity index (χ4v) is 4.36. The van der Waals surface area contributed by atoms with Gasteiger partial charge in [-0.15, -0.1) is 11.3 Å². The van der Waals surface area contributed by atoms with Crippen molar-refractivity contribution >= 4 is 28.7 Å². The van der Waals surface area contributed by atoms with Crippen molar-refractivity contribution in [2.75, 3.05) is 0 Å². The van der Waals surface area contributed by atoms with Crippen LogP contribution in [0.15, 0.2) is 72.1 Å². The zero-order chi connectivity index (χ0) is 17.7. The number of nitrogens with zero attached hydrogens (tertiary/aromatic N) is 1. The summed E-state index contributed by atoms with van der Waals surface area (Å²) in [5.74, 6) is 0.00995. The molecular formula is C22H12ClNOS. The van der Waals surface area contributed by atoms with Crippen LogP contribution in [0.2, 0.25) is 5.02 Å². The Labute approximate surface area is 159 Å². The van der Waals surface area contributed by atoms with E-state index in [1.807, 2.05) is 72.1 Å². The standard InChI is InChI=1S/C22H12ClNOS/c23-17-9-4-3-6-13(17)16-12-18(19-10-5-11-26-19)24-21-14-7-1-2-8-15(14)22(25)20(16)21/h1-12H. The van der Waals surface area contributed by atoms with E-state index in [0.717, 1.165) is 33.0 Å². The second-order valence-electron chi connectivity index (χ2n) is 6.11. The molecule has 1 aliphatic carbocycles. The maximum Gasteiger partial charge on any atom is 0.196 e. The van der Waals surface area contributed by atoms with E-state index in [1.165, 1.54) is 0 Å². The number of benzene rings is 2. The van der Waals surface area contributed by atoms with Crippen LogP contribution in [0, 0.1) is 0 Å². The first-order chi connectivity index (χ1) is 12.7. The zero-order valence-corrected chi connectivity index (χ0v) is 15.1. The van der Waals surface area contributed by atoms with E-state index in [9.17, 15) is 4.79 Å². The molecule has 0 radical (unpaired) electrons. The van der Waals surface area contributed by atoms with Gasteiger partial charge in [-0.2, -0.15) is 0 Å². The van der Waals surface area contributed by atoms with Crippen molar-refractivity contribution in [2.45, 2.75) is 0 Å². The third-order valence-corrected chi connectivity index (χ3v) is 5.83. The molecule has 0 amide bonds. The molecule has 1 aliphatic rings. The average Bonchev–Trinajstić information content (AvgIpc) is 3.30. The highest BCUT2D eigenvalue weighted by atomic mass is 35.5. The molecule has 0 unspecified atom stereocenters. The van der Waals surface area contributed by atoms with Crippen molar-refractivity contribution < 1.29 is 4.79 Å². The molecule has 0 spiro atoms. The molecule has 2 aromatic carbocycles. The highest BCUT2D eigenvalue weighted by molar-refractivity contribution is 7.13. The second kappa shape index (κ2) is 5.90. The number of hydrogen-bond donors (Lipinski definition) is 0. The van der Waals surface area contributed by atoms with Crippen molar-refractivity contribution in [3.63, 3.8) is 0 Å². The van der Waals surface area contributed by atoms with Crippen molar-refractivity contribution in [3.8, 4) is 33.0 Å². The first kappa shape index (κ1) is 15.5. The van der Waals surface area contributed by atoms with Crippen LogP contribution in [-0.4, -0.2) is 10.8 Å². The molecule has 2 aromatic heterocycles. The molecule has 0 fully saturated rings. The minimum absolute atomic E-state index is 0.00995. The SMILES string of the molecule is O=C1c2ccccc2-c2nc(-c3cccs3)cc(-c3ccccc3Cl)c21. The molecule has 0 aliphatic heterocycles. The maximum absolute atomic E-state index is 13.1. The lowest BCUT2D eigenvalue weighted by atomic mass is 9.97. The van der Waals surface area contributed by atoms with Crippen LogP contribution in [0.5, 0.6) is 0 Å². The van der Waals surface area contributed by atoms with E-state index in [2.05, 4.69) is 0 Å². The number of ketones is 1. The van der Waals surface area contributed by atoms with Crippen LogP contribution in [0.1, 0.15) is 15.9 Å². The normalized spacial score (nSPS) is 12.1. The number of hydrogen-bond acceptors (Lipinski definition) is 3. The van der Waals surface area contributed by atoms with Crippen LogP contribution in [0.4, 0.5) is 0 Å². The fraction of sp³-hybridized carbons (Fsp3) is 0. The van der Waals surface area contributed by atoms with Crippen molar-refractivity contribution in [1.82, 2.24) is 4.98 Å². The van der Waals surface area contributed by atoms with Gasteiger partial charge in [-0.25, -0.2) is 4.98 Å². The summed E-state index contributed by atoms with van der Waals surface area (Å²) in [6.45, 7) is 0. The van der Waals surface area contributed by atoms with Gasteiger partial charge in [0, 0.05) is 21.7 Å². The molecule has 0 saturated heterocycles. The molecule has 124 valence electrons. The lowest BCUT2D eigenvalue weighted by Gasteiger charge is -2.11. The fourth-order valence-electron chi connectivity index (χ4n) is 3.43. The molecule has 0 bridgehead atoms. The third-order valence-electron chi connectivity index (χ3n) is 4.61. The van der Waals surface area contributed by atoms with E-state index in [0.29, 0.717) is 16.1 Å². The molecule has 4 heteroatoms. The molecule has 0 N–H and O–H groups in total. The topological polar surface area (TPSA) is 30.0 Å². The number of aromatic nitrogens is 1. The Bertz CT molecular complexity index is 1160. The van der Waals surface area contributed by atoms with Gasteiger partial charge in [0.05, 0.1) is 21.8 Å². The van der Waals surface area contributed by atoms with Crippen LogP contribution in [-0.2, 0) is 0 Å². The number of thiophene rings is 1. The first-order valence-corrected chi connectivity index (χ1v) is 9.48. The predicted molar refractivity (Wildman–Crippen MR) is 107 cm³/mol. The van der Waals surface area contributed by atoms with Gasteiger partial charge in [-0.1, -0.05) is 60.1 Å². The molecule has 2 nitrogen and oxygen atoms in total. The Morgan fingerprint density at radius 3 is 2.27 bits per heavy atom. The summed E-state index contributed by atoms with van der Waals surface area (Å²) in [4.78, 5) is 19.0. The minimum atomic E-state index is 0.00995. The Balaban J connectivity index is 1.87. The Hall–Kier alpha value is -2.75. The van der Waals surface area contributed by atoms with E-state index in [1.54, 1.807) is 11.3 Å². The number of rotatable bonds is 2. The third kappa shape index (κ3) is 2.25. The second-order valence-corrected chi connectivity index (χ2v) is 7.47. The number of pyridine rings is 1. The summed E-state index contributed by atoms with van der Waals surface area (Å²) in [6, 6.07) is 21.3. The number of carbonyl (C=O) groups is 1. The lowest BCUT2D eigenvalue weighted by Crippen LogP contribution is -2.00. The Morgan fingerprint density at radius 1 is 0.808 bits per heavy atom. The van der Waals surface area contributed by atoms with Crippen molar-refractivity contribution in [2.24, 2.45) is 0 Å². The van der Waals surface area contributed by atoms with Crippen LogP contribution in [0.25, 0.3) is 33.0 Å². The van der Waals surface area contributed by atoms with Gasteiger partial charge in [0.2, 0.25) is 0 Å². The van der Waals surface area contributed by atoms with Gasteiger partial charge >= 0.3 is 0 Å². The van der Waals surface area contributed by atoms with Gasteiger partial charge < -0.3 is 0 Å². The van der Waals surface area contributed by atoms with Gasteiger partial charge in [0.1, 0.15) is 0 Å². The smallest absolute Gasteiger partial charge is 0.196 e. The number of fused-ring (bicyclic) bond motifs is 3. The van der Waals surface area contributed by atoms with Gasteiger partial charge in [-0.05, 0) is 29.1 Å². The monoisotopic (exact) mass is 373 g/mol. The van der Waals surface area contributed by atoms with Gasteiger partial charge in [0.15, 0.2) is 5.78 Å². The number of carbonyl (C=O) groups excluding carboxylic acids is 1. The summed E-state index contributed by atoms with van der Waals surface area (Å²) in [6.07, 6.45) is 0. The van der Waals surface area contributed by atoms with Crippen molar-refractivity contribution in [1.29, 1.82) is 0 Å². The van der Waals surface area contributed by atoms with Gasteiger partial charge in [0.25, 0.3) is 0 Å². The minimum Gasteiger partial charge on any atom is -0.288 e. The first-order valence-electron chi connectivity index (χ1n) is 8.22. The van der Waals surface area contributed by atoms with Crippen molar-refractivity contribution in [3.05, 3.63) is 88.3 Å². The number of halogens is 1. The Kier molecular flexibility index (Phi) is 3.52. The predicted octanol–water partition coefficient (Wildman–Crippen LogP) is 6.34. The molecule has 26 heavy (non-hydrogen) atoms. The van der Waals surface area contributed by atoms with Crippen LogP contribution < -0.4 is 0 Å². The summed E-state index contributed by atoms with van der Waals surface area (Å²) in [5, 5.41) is 2.65. The molecule has 0 atom stereocenters. The summed E-state index contributed by atoms with van der Waals surface area (Å²) in [5.41, 5.74) is 5.52. The van der Waals surface area contributed by atoms with E-state index in [4.69, 9.17) is 16.6 Å². The summed E-state index contributed by atoms with van der Waals surface area (Å²) >= 11 is 8.10. The maximum atomic E-state index is 13.1. The van der Waals surface area contributed by atoms with E-state index in [-0.39, 0.29) is 5.78 Å². The Morgan fingerprint density at radius 2 is 1.54 bits per heavy atom. The van der Waals surface area contributed by atoms with E-state index < -0.39 is 0 Å². The molecule has 5 rings (SSSR count). The van der Waals surface area contributed by atoms with Crippen LogP contribution in [0.3, 0.4) is 0 Å². The quantitative estimate of drug-likeness (QED) is 0.361. The molecule has 0 saturated carbocycles.